The SMILES string of the molecule is CC(Cc1ccc(Cl)cc1)CN1CCNCC1. The molecule has 0 bridgehead atoms. The number of benzene rings is 1. The maximum atomic E-state index is 5.89. The van der Waals surface area contributed by atoms with E-state index in [1.54, 1.807) is 0 Å². The van der Waals surface area contributed by atoms with E-state index in [4.69, 9.17) is 11.6 Å². The van der Waals surface area contributed by atoms with Crippen LogP contribution < -0.4 is 5.32 Å². The summed E-state index contributed by atoms with van der Waals surface area (Å²) in [7, 11) is 0. The molecule has 0 radical (unpaired) electrons. The van der Waals surface area contributed by atoms with Crippen molar-refractivity contribution in [1.29, 1.82) is 0 Å². The molecule has 1 N–H and O–H groups in total. The third-order valence-corrected chi connectivity index (χ3v) is 3.53. The third-order valence-electron chi connectivity index (χ3n) is 3.28. The Morgan fingerprint density at radius 1 is 1.24 bits per heavy atom. The molecule has 2 rings (SSSR count). The molecule has 1 atom stereocenters. The molecule has 3 heteroatoms. The van der Waals surface area contributed by atoms with Crippen LogP contribution in [0.25, 0.3) is 0 Å². The van der Waals surface area contributed by atoms with Gasteiger partial charge in [0.05, 0.1) is 0 Å². The predicted molar refractivity (Wildman–Crippen MR) is 73.6 cm³/mol. The van der Waals surface area contributed by atoms with Crippen LogP contribution in [-0.4, -0.2) is 37.6 Å². The summed E-state index contributed by atoms with van der Waals surface area (Å²) in [5, 5.41) is 4.21. The molecule has 1 saturated heterocycles. The molecule has 2 nitrogen and oxygen atoms in total. The number of nitrogens with one attached hydrogen (secondary N) is 1. The van der Waals surface area contributed by atoms with Crippen molar-refractivity contribution in [2.45, 2.75) is 13.3 Å². The predicted octanol–water partition coefficient (Wildman–Crippen LogP) is 2.42. The first kappa shape index (κ1) is 12.9. The van der Waals surface area contributed by atoms with Gasteiger partial charge in [0, 0.05) is 37.7 Å². The molecule has 17 heavy (non-hydrogen) atoms. The lowest BCUT2D eigenvalue weighted by molar-refractivity contribution is 0.211. The lowest BCUT2D eigenvalue weighted by Gasteiger charge is -2.29. The minimum atomic E-state index is 0.703. The second-order valence-corrected chi connectivity index (χ2v) is 5.42. The fraction of sp³-hybridized carbons (Fsp3) is 0.571. The summed E-state index contributed by atoms with van der Waals surface area (Å²) in [6.45, 7) is 8.16. The maximum absolute atomic E-state index is 5.89. The van der Waals surface area contributed by atoms with E-state index < -0.39 is 0 Å². The zero-order valence-electron chi connectivity index (χ0n) is 10.5. The number of hydrogen-bond donors (Lipinski definition) is 1. The fourth-order valence-electron chi connectivity index (χ4n) is 2.42. The number of rotatable bonds is 4. The lowest BCUT2D eigenvalue weighted by atomic mass is 10.0. The van der Waals surface area contributed by atoms with Crippen LogP contribution in [0, 0.1) is 5.92 Å². The molecule has 0 aliphatic carbocycles. The number of piperazine rings is 1. The van der Waals surface area contributed by atoms with Crippen molar-refractivity contribution < 1.29 is 0 Å². The molecule has 0 aromatic heterocycles. The highest BCUT2D eigenvalue weighted by Gasteiger charge is 2.13. The molecule has 1 aromatic rings. The first-order valence-electron chi connectivity index (χ1n) is 6.41. The van der Waals surface area contributed by atoms with Gasteiger partial charge in [0.2, 0.25) is 0 Å². The molecule has 0 amide bonds. The van der Waals surface area contributed by atoms with Crippen LogP contribution in [-0.2, 0) is 6.42 Å². The summed E-state index contributed by atoms with van der Waals surface area (Å²) in [6.07, 6.45) is 1.14. The van der Waals surface area contributed by atoms with Gasteiger partial charge in [-0.25, -0.2) is 0 Å². The molecule has 0 spiro atoms. The molecule has 1 aliphatic rings. The van der Waals surface area contributed by atoms with Gasteiger partial charge in [-0.2, -0.15) is 0 Å². The summed E-state index contributed by atoms with van der Waals surface area (Å²) in [6, 6.07) is 8.23. The van der Waals surface area contributed by atoms with Crippen molar-refractivity contribution in [3.8, 4) is 0 Å². The summed E-state index contributed by atoms with van der Waals surface area (Å²) in [5.74, 6) is 0.703. The summed E-state index contributed by atoms with van der Waals surface area (Å²) >= 11 is 5.89. The van der Waals surface area contributed by atoms with Gasteiger partial charge in [0.15, 0.2) is 0 Å². The van der Waals surface area contributed by atoms with E-state index in [1.807, 2.05) is 12.1 Å². The zero-order valence-corrected chi connectivity index (χ0v) is 11.2. The van der Waals surface area contributed by atoms with Gasteiger partial charge in [-0.3, -0.25) is 0 Å². The molecule has 1 aromatic carbocycles. The van der Waals surface area contributed by atoms with Gasteiger partial charge in [0.25, 0.3) is 0 Å². The first-order chi connectivity index (χ1) is 8.24. The van der Waals surface area contributed by atoms with Crippen molar-refractivity contribution >= 4 is 11.6 Å². The van der Waals surface area contributed by atoms with E-state index in [1.165, 1.54) is 25.2 Å². The lowest BCUT2D eigenvalue weighted by Crippen LogP contribution is -2.45. The molecule has 0 saturated carbocycles. The largest absolute Gasteiger partial charge is 0.314 e. The molecule has 1 aliphatic heterocycles. The van der Waals surface area contributed by atoms with Gasteiger partial charge < -0.3 is 10.2 Å². The fourth-order valence-corrected chi connectivity index (χ4v) is 2.55. The molecular formula is C14H21ClN2. The van der Waals surface area contributed by atoms with Crippen molar-refractivity contribution in [3.63, 3.8) is 0 Å². The molecule has 1 heterocycles. The van der Waals surface area contributed by atoms with Crippen LogP contribution in [0.15, 0.2) is 24.3 Å². The van der Waals surface area contributed by atoms with Crippen LogP contribution in [0.2, 0.25) is 5.02 Å². The second-order valence-electron chi connectivity index (χ2n) is 4.99. The van der Waals surface area contributed by atoms with Crippen molar-refractivity contribution in [2.75, 3.05) is 32.7 Å². The standard InChI is InChI=1S/C14H21ClN2/c1-12(11-17-8-6-16-7-9-17)10-13-2-4-14(15)5-3-13/h2-5,12,16H,6-11H2,1H3. The molecule has 1 unspecified atom stereocenters. The van der Waals surface area contributed by atoms with Crippen LogP contribution in [0.5, 0.6) is 0 Å². The highest BCUT2D eigenvalue weighted by atomic mass is 35.5. The Bertz CT molecular complexity index is 331. The Hall–Kier alpha value is -0.570. The van der Waals surface area contributed by atoms with Gasteiger partial charge in [-0.1, -0.05) is 30.7 Å². The topological polar surface area (TPSA) is 15.3 Å². The quantitative estimate of drug-likeness (QED) is 0.886. The third kappa shape index (κ3) is 4.30. The van der Waals surface area contributed by atoms with E-state index >= 15 is 0 Å². The zero-order chi connectivity index (χ0) is 12.1. The monoisotopic (exact) mass is 252 g/mol. The maximum Gasteiger partial charge on any atom is 0.0406 e. The van der Waals surface area contributed by atoms with Gasteiger partial charge in [-0.05, 0) is 30.0 Å². The van der Waals surface area contributed by atoms with Crippen molar-refractivity contribution in [1.82, 2.24) is 10.2 Å². The summed E-state index contributed by atoms with van der Waals surface area (Å²) in [4.78, 5) is 2.55. The Morgan fingerprint density at radius 2 is 1.88 bits per heavy atom. The van der Waals surface area contributed by atoms with Crippen LogP contribution in [0.4, 0.5) is 0 Å². The van der Waals surface area contributed by atoms with Crippen LogP contribution >= 0.6 is 11.6 Å². The Balaban J connectivity index is 1.79. The number of nitrogens with zero attached hydrogens (tertiary/aromatic N) is 1. The summed E-state index contributed by atoms with van der Waals surface area (Å²) in [5.41, 5.74) is 1.39. The minimum absolute atomic E-state index is 0.703. The van der Waals surface area contributed by atoms with E-state index in [0.29, 0.717) is 5.92 Å². The molecule has 1 fully saturated rings. The Labute approximate surface area is 109 Å². The normalized spacial score (nSPS) is 19.2. The van der Waals surface area contributed by atoms with Crippen molar-refractivity contribution in [3.05, 3.63) is 34.9 Å². The molecule has 94 valence electrons. The van der Waals surface area contributed by atoms with E-state index in [0.717, 1.165) is 24.5 Å². The van der Waals surface area contributed by atoms with Crippen molar-refractivity contribution in [2.24, 2.45) is 5.92 Å². The highest BCUT2D eigenvalue weighted by Crippen LogP contribution is 2.14. The van der Waals surface area contributed by atoms with Gasteiger partial charge in [0.1, 0.15) is 0 Å². The highest BCUT2D eigenvalue weighted by molar-refractivity contribution is 6.30. The van der Waals surface area contributed by atoms with Crippen LogP contribution in [0.1, 0.15) is 12.5 Å². The van der Waals surface area contributed by atoms with E-state index in [2.05, 4.69) is 29.3 Å². The van der Waals surface area contributed by atoms with Gasteiger partial charge in [-0.15, -0.1) is 0 Å². The Kier molecular flexibility index (Phi) is 4.84. The second kappa shape index (κ2) is 6.39. The minimum Gasteiger partial charge on any atom is -0.314 e. The number of halogens is 1. The van der Waals surface area contributed by atoms with E-state index in [9.17, 15) is 0 Å². The number of hydrogen-bond acceptors (Lipinski definition) is 2. The Morgan fingerprint density at radius 3 is 2.53 bits per heavy atom. The van der Waals surface area contributed by atoms with Gasteiger partial charge >= 0.3 is 0 Å². The first-order valence-corrected chi connectivity index (χ1v) is 6.79. The smallest absolute Gasteiger partial charge is 0.0406 e. The van der Waals surface area contributed by atoms with Crippen LogP contribution in [0.3, 0.4) is 0 Å². The summed E-state index contributed by atoms with van der Waals surface area (Å²) < 4.78 is 0. The average molecular weight is 253 g/mol. The molecular weight excluding hydrogens is 232 g/mol. The van der Waals surface area contributed by atoms with E-state index in [-0.39, 0.29) is 0 Å². The average Bonchev–Trinajstić information content (AvgIpc) is 2.33.